The third-order valence-electron chi connectivity index (χ3n) is 4.13. The molecule has 1 atom stereocenters. The largest absolute Gasteiger partial charge is 0.464 e. The molecule has 24 heavy (non-hydrogen) atoms. The van der Waals surface area contributed by atoms with Gasteiger partial charge >= 0.3 is 0 Å². The van der Waals surface area contributed by atoms with Gasteiger partial charge in [0.1, 0.15) is 5.82 Å². The van der Waals surface area contributed by atoms with Crippen LogP contribution >= 0.6 is 0 Å². The molecule has 0 amide bonds. The molecule has 132 valence electrons. The zero-order valence-corrected chi connectivity index (χ0v) is 14.3. The molecule has 1 aromatic rings. The standard InChI is InChI=1S/C15H21N3O5S/c1-11(4-7-19)17-13-3-2-12-14(18-13)23-15(5-8-22-9-6-15)10-16-24(12,20)21/h2-3,10-11,19H,4-9H2,1H3,(H,17,18)/t11-/m0/s1. The van der Waals surface area contributed by atoms with Crippen molar-refractivity contribution in [3.05, 3.63) is 12.1 Å². The summed E-state index contributed by atoms with van der Waals surface area (Å²) in [4.78, 5) is 4.29. The molecule has 0 aromatic carbocycles. The Bertz CT molecular complexity index is 729. The number of hydrogen-bond donors (Lipinski definition) is 2. The molecule has 1 saturated heterocycles. The van der Waals surface area contributed by atoms with Crippen molar-refractivity contribution in [2.75, 3.05) is 25.1 Å². The van der Waals surface area contributed by atoms with Crippen LogP contribution in [0.5, 0.6) is 5.88 Å². The number of aliphatic hydroxyl groups excluding tert-OH is 1. The minimum atomic E-state index is -3.84. The number of nitrogens with one attached hydrogen (secondary N) is 1. The van der Waals surface area contributed by atoms with Gasteiger partial charge in [-0.25, -0.2) is 0 Å². The number of rotatable bonds is 4. The van der Waals surface area contributed by atoms with E-state index in [4.69, 9.17) is 14.6 Å². The number of pyridine rings is 1. The molecule has 3 heterocycles. The summed E-state index contributed by atoms with van der Waals surface area (Å²) in [5.41, 5.74) is -0.807. The Morgan fingerprint density at radius 3 is 2.83 bits per heavy atom. The van der Waals surface area contributed by atoms with Gasteiger partial charge in [-0.15, -0.1) is 0 Å². The maximum Gasteiger partial charge on any atom is 0.287 e. The molecule has 1 aromatic heterocycles. The van der Waals surface area contributed by atoms with E-state index in [9.17, 15) is 8.42 Å². The second-order valence-electron chi connectivity index (χ2n) is 6.05. The molecule has 0 bridgehead atoms. The molecule has 0 aliphatic carbocycles. The van der Waals surface area contributed by atoms with Crippen molar-refractivity contribution in [1.29, 1.82) is 0 Å². The number of ether oxygens (including phenoxy) is 2. The highest BCUT2D eigenvalue weighted by molar-refractivity contribution is 7.90. The third kappa shape index (κ3) is 3.52. The Morgan fingerprint density at radius 2 is 2.12 bits per heavy atom. The quantitative estimate of drug-likeness (QED) is 0.828. The van der Waals surface area contributed by atoms with Gasteiger partial charge in [0.25, 0.3) is 10.0 Å². The van der Waals surface area contributed by atoms with E-state index in [1.165, 1.54) is 12.3 Å². The maximum absolute atomic E-state index is 12.4. The lowest BCUT2D eigenvalue weighted by molar-refractivity contribution is -0.00575. The predicted molar refractivity (Wildman–Crippen MR) is 88.1 cm³/mol. The second-order valence-corrected chi connectivity index (χ2v) is 7.65. The Labute approximate surface area is 141 Å². The molecule has 1 spiro atoms. The summed E-state index contributed by atoms with van der Waals surface area (Å²) in [6.07, 6.45) is 2.97. The number of aromatic nitrogens is 1. The third-order valence-corrected chi connectivity index (χ3v) is 5.37. The lowest BCUT2D eigenvalue weighted by Crippen LogP contribution is -2.43. The van der Waals surface area contributed by atoms with Crippen LogP contribution in [0.1, 0.15) is 26.2 Å². The van der Waals surface area contributed by atoms with Gasteiger partial charge in [0, 0.05) is 25.5 Å². The molecular formula is C15H21N3O5S. The summed E-state index contributed by atoms with van der Waals surface area (Å²) in [5, 5.41) is 12.1. The SMILES string of the molecule is C[C@@H](CCO)Nc1ccc2c(n1)OC1(C=NS2(=O)=O)CCOCC1. The fourth-order valence-electron chi connectivity index (χ4n) is 2.68. The van der Waals surface area contributed by atoms with Crippen LogP contribution in [0.2, 0.25) is 0 Å². The van der Waals surface area contributed by atoms with Crippen molar-refractivity contribution in [3.8, 4) is 5.88 Å². The van der Waals surface area contributed by atoms with Gasteiger partial charge in [0.05, 0.1) is 19.4 Å². The molecule has 0 saturated carbocycles. The number of fused-ring (bicyclic) bond motifs is 1. The minimum absolute atomic E-state index is 0.00349. The summed E-state index contributed by atoms with van der Waals surface area (Å²) in [6, 6.07) is 3.02. The number of sulfonamides is 1. The predicted octanol–water partition coefficient (Wildman–Crippen LogP) is 0.966. The van der Waals surface area contributed by atoms with Crippen LogP contribution in [0.15, 0.2) is 21.4 Å². The lowest BCUT2D eigenvalue weighted by Gasteiger charge is -2.32. The van der Waals surface area contributed by atoms with E-state index in [0.29, 0.717) is 38.3 Å². The van der Waals surface area contributed by atoms with Gasteiger partial charge in [0.2, 0.25) is 5.88 Å². The Balaban J connectivity index is 1.95. The Hall–Kier alpha value is -1.71. The summed E-state index contributed by atoms with van der Waals surface area (Å²) in [6.45, 7) is 2.92. The first-order chi connectivity index (χ1) is 11.4. The van der Waals surface area contributed by atoms with Gasteiger partial charge in [-0.3, -0.25) is 0 Å². The number of nitrogens with zero attached hydrogens (tertiary/aromatic N) is 2. The molecule has 9 heteroatoms. The smallest absolute Gasteiger partial charge is 0.287 e. The summed E-state index contributed by atoms with van der Waals surface area (Å²) < 4.78 is 39.8. The van der Waals surface area contributed by atoms with Crippen molar-refractivity contribution in [2.24, 2.45) is 4.40 Å². The zero-order chi connectivity index (χ0) is 17.2. The first-order valence-electron chi connectivity index (χ1n) is 7.91. The number of anilines is 1. The van der Waals surface area contributed by atoms with E-state index in [1.807, 2.05) is 6.92 Å². The Morgan fingerprint density at radius 1 is 1.38 bits per heavy atom. The van der Waals surface area contributed by atoms with Crippen LogP contribution < -0.4 is 10.1 Å². The number of aliphatic hydroxyl groups is 1. The normalized spacial score (nSPS) is 22.2. The van der Waals surface area contributed by atoms with E-state index >= 15 is 0 Å². The van der Waals surface area contributed by atoms with Gasteiger partial charge in [-0.2, -0.15) is 17.8 Å². The van der Waals surface area contributed by atoms with Gasteiger partial charge in [-0.05, 0) is 25.5 Å². The van der Waals surface area contributed by atoms with Crippen LogP contribution in [-0.4, -0.2) is 56.2 Å². The second kappa shape index (κ2) is 6.66. The van der Waals surface area contributed by atoms with E-state index in [1.54, 1.807) is 6.07 Å². The van der Waals surface area contributed by atoms with Crippen LogP contribution in [0.4, 0.5) is 5.82 Å². The first kappa shape index (κ1) is 17.1. The van der Waals surface area contributed by atoms with Crippen molar-refractivity contribution >= 4 is 22.1 Å². The highest BCUT2D eigenvalue weighted by Crippen LogP contribution is 2.34. The molecule has 0 radical (unpaired) electrons. The van der Waals surface area contributed by atoms with E-state index in [-0.39, 0.29) is 23.4 Å². The van der Waals surface area contributed by atoms with Crippen molar-refractivity contribution in [2.45, 2.75) is 42.7 Å². The molecule has 2 aliphatic heterocycles. The van der Waals surface area contributed by atoms with Crippen LogP contribution in [0.25, 0.3) is 0 Å². The van der Waals surface area contributed by atoms with E-state index in [0.717, 1.165) is 0 Å². The molecule has 3 rings (SSSR count). The summed E-state index contributed by atoms with van der Waals surface area (Å²) in [5.74, 6) is 0.546. The van der Waals surface area contributed by atoms with E-state index in [2.05, 4.69) is 14.7 Å². The Kier molecular flexibility index (Phi) is 4.75. The highest BCUT2D eigenvalue weighted by Gasteiger charge is 2.39. The molecular weight excluding hydrogens is 334 g/mol. The summed E-state index contributed by atoms with van der Waals surface area (Å²) in [7, 11) is -3.84. The van der Waals surface area contributed by atoms with Gasteiger partial charge in [0.15, 0.2) is 10.5 Å². The average molecular weight is 355 g/mol. The average Bonchev–Trinajstić information content (AvgIpc) is 2.64. The monoisotopic (exact) mass is 355 g/mol. The van der Waals surface area contributed by atoms with Crippen molar-refractivity contribution in [3.63, 3.8) is 0 Å². The summed E-state index contributed by atoms with van der Waals surface area (Å²) >= 11 is 0. The topological polar surface area (TPSA) is 110 Å². The molecule has 8 nitrogen and oxygen atoms in total. The van der Waals surface area contributed by atoms with Crippen LogP contribution in [0, 0.1) is 0 Å². The zero-order valence-electron chi connectivity index (χ0n) is 13.4. The molecule has 2 aliphatic rings. The minimum Gasteiger partial charge on any atom is -0.464 e. The van der Waals surface area contributed by atoms with Crippen molar-refractivity contribution in [1.82, 2.24) is 4.98 Å². The van der Waals surface area contributed by atoms with E-state index < -0.39 is 15.6 Å². The maximum atomic E-state index is 12.4. The van der Waals surface area contributed by atoms with Gasteiger partial charge in [-0.1, -0.05) is 0 Å². The van der Waals surface area contributed by atoms with Crippen molar-refractivity contribution < 1.29 is 23.0 Å². The lowest BCUT2D eigenvalue weighted by atomic mass is 9.95. The molecule has 2 N–H and O–H groups in total. The van der Waals surface area contributed by atoms with Crippen LogP contribution in [-0.2, 0) is 14.8 Å². The number of hydrogen-bond acceptors (Lipinski definition) is 7. The fourth-order valence-corrected chi connectivity index (χ4v) is 3.68. The highest BCUT2D eigenvalue weighted by atomic mass is 32.2. The van der Waals surface area contributed by atoms with Gasteiger partial charge < -0.3 is 19.9 Å². The fraction of sp³-hybridized carbons (Fsp3) is 0.600. The first-order valence-corrected chi connectivity index (χ1v) is 9.35. The molecule has 1 fully saturated rings. The van der Waals surface area contributed by atoms with Crippen LogP contribution in [0.3, 0.4) is 0 Å². The molecule has 0 unspecified atom stereocenters.